The maximum absolute atomic E-state index is 12.5. The molecule has 0 fully saturated rings. The van der Waals surface area contributed by atoms with Gasteiger partial charge in [0.2, 0.25) is 0 Å². The summed E-state index contributed by atoms with van der Waals surface area (Å²) in [4.78, 5) is 12.5. The predicted molar refractivity (Wildman–Crippen MR) is 95.7 cm³/mol. The van der Waals surface area contributed by atoms with Crippen molar-refractivity contribution < 1.29 is 9.90 Å². The van der Waals surface area contributed by atoms with E-state index in [0.29, 0.717) is 5.92 Å². The molecular formula is C21H26O2. The average molecular weight is 310 g/mol. The summed E-state index contributed by atoms with van der Waals surface area (Å²) >= 11 is 0. The van der Waals surface area contributed by atoms with Gasteiger partial charge in [0.05, 0.1) is 0 Å². The Balaban J connectivity index is 2.01. The van der Waals surface area contributed by atoms with Crippen molar-refractivity contribution in [3.63, 3.8) is 0 Å². The van der Waals surface area contributed by atoms with E-state index in [4.69, 9.17) is 0 Å². The molecule has 2 rings (SSSR count). The standard InChI is InChI=1S/C21H26O2/c1-15(2)5-4-6-16(3)21(23)19-9-7-17(8-10-19)18-11-13-20(22)14-12-18/h7-16,22H,4-6H2,1-3H3. The van der Waals surface area contributed by atoms with Crippen LogP contribution in [0.4, 0.5) is 0 Å². The number of phenols is 1. The molecule has 2 aromatic rings. The van der Waals surface area contributed by atoms with Crippen LogP contribution in [0.1, 0.15) is 50.4 Å². The van der Waals surface area contributed by atoms with E-state index < -0.39 is 0 Å². The fourth-order valence-corrected chi connectivity index (χ4v) is 2.73. The Morgan fingerprint density at radius 2 is 1.39 bits per heavy atom. The van der Waals surface area contributed by atoms with E-state index in [0.717, 1.165) is 29.5 Å². The van der Waals surface area contributed by atoms with Crippen LogP contribution < -0.4 is 0 Å². The second-order valence-electron chi connectivity index (χ2n) is 6.71. The van der Waals surface area contributed by atoms with Crippen LogP contribution in [0.2, 0.25) is 0 Å². The van der Waals surface area contributed by atoms with Crippen molar-refractivity contribution in [3.05, 3.63) is 54.1 Å². The molecule has 0 aliphatic rings. The first-order valence-electron chi connectivity index (χ1n) is 8.41. The molecule has 2 heteroatoms. The molecule has 0 radical (unpaired) electrons. The number of aromatic hydroxyl groups is 1. The van der Waals surface area contributed by atoms with Crippen LogP contribution in [0, 0.1) is 11.8 Å². The zero-order valence-corrected chi connectivity index (χ0v) is 14.3. The highest BCUT2D eigenvalue weighted by Crippen LogP contribution is 2.23. The van der Waals surface area contributed by atoms with E-state index in [-0.39, 0.29) is 17.5 Å². The van der Waals surface area contributed by atoms with Crippen LogP contribution in [0.3, 0.4) is 0 Å². The molecule has 23 heavy (non-hydrogen) atoms. The molecule has 0 aromatic heterocycles. The lowest BCUT2D eigenvalue weighted by atomic mass is 9.92. The molecule has 0 bridgehead atoms. The zero-order chi connectivity index (χ0) is 16.8. The number of hydrogen-bond donors (Lipinski definition) is 1. The minimum absolute atomic E-state index is 0.0771. The topological polar surface area (TPSA) is 37.3 Å². The number of hydrogen-bond acceptors (Lipinski definition) is 2. The monoisotopic (exact) mass is 310 g/mol. The highest BCUT2D eigenvalue weighted by atomic mass is 16.3. The summed E-state index contributed by atoms with van der Waals surface area (Å²) in [5.74, 6) is 1.26. The Labute approximate surface area is 139 Å². The minimum atomic E-state index is 0.0771. The van der Waals surface area contributed by atoms with Crippen molar-refractivity contribution in [2.45, 2.75) is 40.0 Å². The number of rotatable bonds is 7. The fraction of sp³-hybridized carbons (Fsp3) is 0.381. The van der Waals surface area contributed by atoms with Gasteiger partial charge in [0.1, 0.15) is 5.75 Å². The summed E-state index contributed by atoms with van der Waals surface area (Å²) in [7, 11) is 0. The third-order valence-corrected chi connectivity index (χ3v) is 4.24. The second kappa shape index (κ2) is 7.96. The molecule has 122 valence electrons. The van der Waals surface area contributed by atoms with Crippen molar-refractivity contribution in [1.82, 2.24) is 0 Å². The first-order chi connectivity index (χ1) is 11.0. The number of phenolic OH excluding ortho intramolecular Hbond substituents is 1. The second-order valence-corrected chi connectivity index (χ2v) is 6.71. The molecule has 0 heterocycles. The van der Waals surface area contributed by atoms with E-state index in [1.54, 1.807) is 12.1 Å². The maximum atomic E-state index is 12.5. The van der Waals surface area contributed by atoms with Crippen LogP contribution >= 0.6 is 0 Å². The lowest BCUT2D eigenvalue weighted by Crippen LogP contribution is -2.11. The van der Waals surface area contributed by atoms with Gasteiger partial charge < -0.3 is 5.11 Å². The summed E-state index contributed by atoms with van der Waals surface area (Å²) < 4.78 is 0. The Bertz CT molecular complexity index is 624. The molecule has 1 N–H and O–H groups in total. The van der Waals surface area contributed by atoms with Crippen molar-refractivity contribution in [2.24, 2.45) is 11.8 Å². The Morgan fingerprint density at radius 1 is 0.870 bits per heavy atom. The Morgan fingerprint density at radius 3 is 1.91 bits per heavy atom. The van der Waals surface area contributed by atoms with Crippen molar-refractivity contribution in [2.75, 3.05) is 0 Å². The van der Waals surface area contributed by atoms with Gasteiger partial charge in [-0.3, -0.25) is 4.79 Å². The third kappa shape index (κ3) is 4.95. The summed E-state index contributed by atoms with van der Waals surface area (Å²) in [6, 6.07) is 14.9. The largest absolute Gasteiger partial charge is 0.508 e. The highest BCUT2D eigenvalue weighted by molar-refractivity contribution is 5.98. The van der Waals surface area contributed by atoms with Gasteiger partial charge in [0.15, 0.2) is 5.78 Å². The quantitative estimate of drug-likeness (QED) is 0.666. The maximum Gasteiger partial charge on any atom is 0.165 e. The van der Waals surface area contributed by atoms with Gasteiger partial charge >= 0.3 is 0 Å². The zero-order valence-electron chi connectivity index (χ0n) is 14.3. The first-order valence-corrected chi connectivity index (χ1v) is 8.41. The van der Waals surface area contributed by atoms with Crippen LogP contribution in [-0.2, 0) is 0 Å². The normalized spacial score (nSPS) is 12.3. The summed E-state index contributed by atoms with van der Waals surface area (Å²) in [5.41, 5.74) is 2.87. The lowest BCUT2D eigenvalue weighted by Gasteiger charge is -2.12. The SMILES string of the molecule is CC(C)CCCC(C)C(=O)c1ccc(-c2ccc(O)cc2)cc1. The van der Waals surface area contributed by atoms with Gasteiger partial charge in [-0.25, -0.2) is 0 Å². The highest BCUT2D eigenvalue weighted by Gasteiger charge is 2.15. The van der Waals surface area contributed by atoms with Gasteiger partial charge in [-0.15, -0.1) is 0 Å². The lowest BCUT2D eigenvalue weighted by molar-refractivity contribution is 0.0921. The molecule has 0 aliphatic carbocycles. The number of benzene rings is 2. The molecule has 1 atom stereocenters. The van der Waals surface area contributed by atoms with E-state index in [9.17, 15) is 9.90 Å². The molecule has 2 nitrogen and oxygen atoms in total. The molecule has 0 amide bonds. The summed E-state index contributed by atoms with van der Waals surface area (Å²) in [6.45, 7) is 6.46. The van der Waals surface area contributed by atoms with Crippen LogP contribution in [-0.4, -0.2) is 10.9 Å². The van der Waals surface area contributed by atoms with Gasteiger partial charge in [0.25, 0.3) is 0 Å². The number of Topliss-reactive ketones (excluding diaryl/α,β-unsaturated/α-hetero) is 1. The van der Waals surface area contributed by atoms with Crippen LogP contribution in [0.15, 0.2) is 48.5 Å². The van der Waals surface area contributed by atoms with E-state index in [1.807, 2.05) is 43.3 Å². The molecule has 0 saturated heterocycles. The molecule has 0 spiro atoms. The first kappa shape index (κ1) is 17.3. The Hall–Kier alpha value is -2.09. The molecular weight excluding hydrogens is 284 g/mol. The van der Waals surface area contributed by atoms with E-state index in [1.165, 1.54) is 6.42 Å². The average Bonchev–Trinajstić information content (AvgIpc) is 2.54. The minimum Gasteiger partial charge on any atom is -0.508 e. The van der Waals surface area contributed by atoms with E-state index in [2.05, 4.69) is 13.8 Å². The smallest absolute Gasteiger partial charge is 0.165 e. The number of ketones is 1. The van der Waals surface area contributed by atoms with Gasteiger partial charge in [-0.05, 0) is 35.6 Å². The molecule has 2 aromatic carbocycles. The fourth-order valence-electron chi connectivity index (χ4n) is 2.73. The third-order valence-electron chi connectivity index (χ3n) is 4.24. The Kier molecular flexibility index (Phi) is 5.97. The van der Waals surface area contributed by atoms with Gasteiger partial charge in [0, 0.05) is 11.5 Å². The van der Waals surface area contributed by atoms with Gasteiger partial charge in [-0.2, -0.15) is 0 Å². The molecule has 1 unspecified atom stereocenters. The van der Waals surface area contributed by atoms with Crippen LogP contribution in [0.25, 0.3) is 11.1 Å². The number of carbonyl (C=O) groups is 1. The van der Waals surface area contributed by atoms with Crippen molar-refractivity contribution >= 4 is 5.78 Å². The number of carbonyl (C=O) groups excluding carboxylic acids is 1. The molecule has 0 saturated carbocycles. The van der Waals surface area contributed by atoms with Crippen LogP contribution in [0.5, 0.6) is 5.75 Å². The van der Waals surface area contributed by atoms with Crippen molar-refractivity contribution in [3.8, 4) is 16.9 Å². The predicted octanol–water partition coefficient (Wildman–Crippen LogP) is 5.70. The van der Waals surface area contributed by atoms with Crippen molar-refractivity contribution in [1.29, 1.82) is 0 Å². The molecule has 0 aliphatic heterocycles. The summed E-state index contributed by atoms with van der Waals surface area (Å²) in [5, 5.41) is 9.34. The van der Waals surface area contributed by atoms with Gasteiger partial charge in [-0.1, -0.05) is 70.0 Å². The van der Waals surface area contributed by atoms with E-state index >= 15 is 0 Å². The summed E-state index contributed by atoms with van der Waals surface area (Å²) in [6.07, 6.45) is 3.24.